The molecule has 1 aromatic carbocycles. The molecule has 0 spiro atoms. The Kier molecular flexibility index (Phi) is 5.43. The normalized spacial score (nSPS) is 21.2. The monoisotopic (exact) mass is 399 g/mol. The number of nitrogens with one attached hydrogen (secondary N) is 1. The first-order chi connectivity index (χ1) is 12.3. The molecule has 2 saturated heterocycles. The Morgan fingerprint density at radius 3 is 2.69 bits per heavy atom. The van der Waals surface area contributed by atoms with Crippen molar-refractivity contribution in [2.45, 2.75) is 36.6 Å². The van der Waals surface area contributed by atoms with E-state index in [0.717, 1.165) is 32.1 Å². The molecule has 1 N–H and O–H groups in total. The lowest BCUT2D eigenvalue weighted by Crippen LogP contribution is -2.51. The van der Waals surface area contributed by atoms with Gasteiger partial charge in [-0.1, -0.05) is 17.7 Å². The molecule has 2 aliphatic heterocycles. The number of carbonyl (C=O) groups is 2. The summed E-state index contributed by atoms with van der Waals surface area (Å²) in [5.41, 5.74) is 0.171. The van der Waals surface area contributed by atoms with Crippen molar-refractivity contribution in [3.8, 4) is 0 Å². The second-order valence-corrected chi connectivity index (χ2v) is 9.11. The Balaban J connectivity index is 1.74. The molecule has 0 unspecified atom stereocenters. The van der Waals surface area contributed by atoms with Crippen LogP contribution < -0.4 is 5.32 Å². The van der Waals surface area contributed by atoms with Gasteiger partial charge in [-0.3, -0.25) is 4.79 Å². The highest BCUT2D eigenvalue weighted by molar-refractivity contribution is 7.91. The van der Waals surface area contributed by atoms with Crippen LogP contribution in [0.3, 0.4) is 0 Å². The smallest absolute Gasteiger partial charge is 0.321 e. The van der Waals surface area contributed by atoms with E-state index in [1.165, 1.54) is 12.1 Å². The van der Waals surface area contributed by atoms with Crippen LogP contribution in [0, 0.1) is 0 Å². The molecule has 0 saturated carbocycles. The molecule has 0 radical (unpaired) electrons. The van der Waals surface area contributed by atoms with E-state index in [-0.39, 0.29) is 33.6 Å². The molecule has 9 heteroatoms. The zero-order valence-corrected chi connectivity index (χ0v) is 16.1. The van der Waals surface area contributed by atoms with Gasteiger partial charge in [0, 0.05) is 38.4 Å². The maximum absolute atomic E-state index is 12.7. The van der Waals surface area contributed by atoms with E-state index in [1.807, 2.05) is 4.90 Å². The standard InChI is InChI=1S/C17H22ClN3O4S/c1-26(24,25)16-13(18)6-2-7-14(16)19-17(23)20-9-3-5-12(11-20)21-10-4-8-15(21)22/h2,6-7,12H,3-5,8-11H2,1H3,(H,19,23)/t12-/m1/s1. The predicted molar refractivity (Wildman–Crippen MR) is 99.1 cm³/mol. The molecule has 142 valence electrons. The van der Waals surface area contributed by atoms with E-state index in [2.05, 4.69) is 5.32 Å². The zero-order chi connectivity index (χ0) is 18.9. The quantitative estimate of drug-likeness (QED) is 0.845. The van der Waals surface area contributed by atoms with Gasteiger partial charge in [0.15, 0.2) is 9.84 Å². The molecule has 7 nitrogen and oxygen atoms in total. The van der Waals surface area contributed by atoms with Crippen molar-refractivity contribution in [3.63, 3.8) is 0 Å². The fourth-order valence-electron chi connectivity index (χ4n) is 3.63. The van der Waals surface area contributed by atoms with Crippen LogP contribution in [-0.2, 0) is 14.6 Å². The van der Waals surface area contributed by atoms with Crippen molar-refractivity contribution in [1.29, 1.82) is 0 Å². The van der Waals surface area contributed by atoms with Crippen molar-refractivity contribution in [1.82, 2.24) is 9.80 Å². The van der Waals surface area contributed by atoms with E-state index < -0.39 is 9.84 Å². The number of likely N-dealkylation sites (tertiary alicyclic amines) is 2. The molecular weight excluding hydrogens is 378 g/mol. The van der Waals surface area contributed by atoms with Crippen LogP contribution in [-0.4, -0.2) is 62.1 Å². The number of piperidine rings is 1. The van der Waals surface area contributed by atoms with Crippen LogP contribution >= 0.6 is 11.6 Å². The Morgan fingerprint density at radius 2 is 2.04 bits per heavy atom. The van der Waals surface area contributed by atoms with Crippen LogP contribution in [0.4, 0.5) is 10.5 Å². The molecule has 3 rings (SSSR count). The van der Waals surface area contributed by atoms with Crippen LogP contribution in [0.1, 0.15) is 25.7 Å². The third kappa shape index (κ3) is 3.96. The van der Waals surface area contributed by atoms with Gasteiger partial charge in [0.05, 0.1) is 10.7 Å². The second-order valence-electron chi connectivity index (χ2n) is 6.75. The molecule has 2 aliphatic rings. The van der Waals surface area contributed by atoms with E-state index in [1.54, 1.807) is 11.0 Å². The van der Waals surface area contributed by atoms with Gasteiger partial charge in [-0.05, 0) is 31.4 Å². The summed E-state index contributed by atoms with van der Waals surface area (Å²) in [6, 6.07) is 4.23. The maximum atomic E-state index is 12.7. The van der Waals surface area contributed by atoms with Crippen LogP contribution in [0.25, 0.3) is 0 Å². The number of sulfone groups is 1. The molecule has 3 amide bonds. The summed E-state index contributed by atoms with van der Waals surface area (Å²) in [7, 11) is -3.59. The highest BCUT2D eigenvalue weighted by atomic mass is 35.5. The number of nitrogens with zero attached hydrogens (tertiary/aromatic N) is 2. The van der Waals surface area contributed by atoms with Gasteiger partial charge in [-0.25, -0.2) is 13.2 Å². The van der Waals surface area contributed by atoms with Crippen molar-refractivity contribution >= 4 is 39.1 Å². The predicted octanol–water partition coefficient (Wildman–Crippen LogP) is 2.36. The number of hydrogen-bond donors (Lipinski definition) is 1. The lowest BCUT2D eigenvalue weighted by Gasteiger charge is -2.37. The highest BCUT2D eigenvalue weighted by Gasteiger charge is 2.33. The van der Waals surface area contributed by atoms with Crippen molar-refractivity contribution in [2.75, 3.05) is 31.2 Å². The molecular formula is C17H22ClN3O4S. The van der Waals surface area contributed by atoms with Crippen LogP contribution in [0.5, 0.6) is 0 Å². The van der Waals surface area contributed by atoms with E-state index >= 15 is 0 Å². The number of benzene rings is 1. The maximum Gasteiger partial charge on any atom is 0.321 e. The third-order valence-corrected chi connectivity index (χ3v) is 6.42. The molecule has 1 atom stereocenters. The van der Waals surface area contributed by atoms with Gasteiger partial charge in [-0.2, -0.15) is 0 Å². The van der Waals surface area contributed by atoms with Crippen molar-refractivity contribution in [3.05, 3.63) is 23.2 Å². The number of halogens is 1. The van der Waals surface area contributed by atoms with E-state index in [9.17, 15) is 18.0 Å². The van der Waals surface area contributed by atoms with Gasteiger partial charge >= 0.3 is 6.03 Å². The topological polar surface area (TPSA) is 86.8 Å². The Morgan fingerprint density at radius 1 is 1.27 bits per heavy atom. The number of carbonyl (C=O) groups excluding carboxylic acids is 2. The lowest BCUT2D eigenvalue weighted by atomic mass is 10.0. The zero-order valence-electron chi connectivity index (χ0n) is 14.6. The van der Waals surface area contributed by atoms with Gasteiger partial charge < -0.3 is 15.1 Å². The van der Waals surface area contributed by atoms with E-state index in [4.69, 9.17) is 11.6 Å². The molecule has 0 bridgehead atoms. The van der Waals surface area contributed by atoms with Crippen LogP contribution in [0.2, 0.25) is 5.02 Å². The summed E-state index contributed by atoms with van der Waals surface area (Å²) in [5.74, 6) is 0.145. The Hall–Kier alpha value is -1.80. The summed E-state index contributed by atoms with van der Waals surface area (Å²) in [6.07, 6.45) is 4.17. The summed E-state index contributed by atoms with van der Waals surface area (Å²) >= 11 is 6.02. The first-order valence-electron chi connectivity index (χ1n) is 8.61. The minimum Gasteiger partial charge on any atom is -0.338 e. The molecule has 26 heavy (non-hydrogen) atoms. The first-order valence-corrected chi connectivity index (χ1v) is 10.9. The lowest BCUT2D eigenvalue weighted by molar-refractivity contribution is -0.130. The van der Waals surface area contributed by atoms with Gasteiger partial charge in [0.25, 0.3) is 0 Å². The number of hydrogen-bond acceptors (Lipinski definition) is 4. The van der Waals surface area contributed by atoms with E-state index in [0.29, 0.717) is 19.5 Å². The second kappa shape index (κ2) is 7.44. The molecule has 2 heterocycles. The third-order valence-electron chi connectivity index (χ3n) is 4.81. The number of urea groups is 1. The average Bonchev–Trinajstić information content (AvgIpc) is 3.00. The molecule has 2 fully saturated rings. The number of amides is 3. The van der Waals surface area contributed by atoms with Gasteiger partial charge in [0.1, 0.15) is 4.90 Å². The summed E-state index contributed by atoms with van der Waals surface area (Å²) < 4.78 is 24.0. The molecule has 0 aliphatic carbocycles. The fourth-order valence-corrected chi connectivity index (χ4v) is 5.16. The SMILES string of the molecule is CS(=O)(=O)c1c(Cl)cccc1NC(=O)N1CCC[C@@H](N2CCCC2=O)C1. The van der Waals surface area contributed by atoms with Gasteiger partial charge in [-0.15, -0.1) is 0 Å². The first kappa shape index (κ1) is 19.0. The van der Waals surface area contributed by atoms with Crippen molar-refractivity contribution in [2.24, 2.45) is 0 Å². The Bertz CT molecular complexity index is 827. The minimum absolute atomic E-state index is 0.0261. The minimum atomic E-state index is -3.59. The fraction of sp³-hybridized carbons (Fsp3) is 0.529. The highest BCUT2D eigenvalue weighted by Crippen LogP contribution is 2.30. The number of anilines is 1. The average molecular weight is 400 g/mol. The van der Waals surface area contributed by atoms with Crippen LogP contribution in [0.15, 0.2) is 23.1 Å². The Labute approximate surface area is 158 Å². The summed E-state index contributed by atoms with van der Waals surface area (Å²) in [4.78, 5) is 28.0. The van der Waals surface area contributed by atoms with Crippen molar-refractivity contribution < 1.29 is 18.0 Å². The summed E-state index contributed by atoms with van der Waals surface area (Å²) in [6.45, 7) is 1.76. The number of rotatable bonds is 3. The largest absolute Gasteiger partial charge is 0.338 e. The summed E-state index contributed by atoms with van der Waals surface area (Å²) in [5, 5.41) is 2.74. The molecule has 1 aromatic rings. The van der Waals surface area contributed by atoms with Gasteiger partial charge in [0.2, 0.25) is 5.91 Å². The molecule has 0 aromatic heterocycles.